The fourth-order valence-electron chi connectivity index (χ4n) is 1.15. The summed E-state index contributed by atoms with van der Waals surface area (Å²) in [6.45, 7) is 4.88. The molecule has 0 aromatic rings. The molecule has 1 aliphatic heterocycles. The van der Waals surface area contributed by atoms with Crippen molar-refractivity contribution in [1.29, 1.82) is 0 Å². The highest BCUT2D eigenvalue weighted by atomic mass is 35.5. The van der Waals surface area contributed by atoms with Gasteiger partial charge < -0.3 is 5.32 Å². The normalized spacial score (nSPS) is 32.0. The van der Waals surface area contributed by atoms with Crippen molar-refractivity contribution in [3.63, 3.8) is 0 Å². The van der Waals surface area contributed by atoms with Gasteiger partial charge in [-0.15, -0.1) is 12.4 Å². The zero-order chi connectivity index (χ0) is 6.91. The molecule has 1 rings (SSSR count). The number of carbonyl (C=O) groups excluding carboxylic acids is 1. The van der Waals surface area contributed by atoms with Gasteiger partial charge in [0.05, 0.1) is 5.54 Å². The standard InChI is InChI=1S/C7H13NO.ClH/c1-3-7(2)6(9)4-5-8-7;/h8H,3-5H2,1-2H3;1H. The van der Waals surface area contributed by atoms with Crippen molar-refractivity contribution in [2.45, 2.75) is 32.2 Å². The summed E-state index contributed by atoms with van der Waals surface area (Å²) in [7, 11) is 0. The molecule has 1 N–H and O–H groups in total. The van der Waals surface area contributed by atoms with Crippen LogP contribution in [-0.4, -0.2) is 17.9 Å². The predicted octanol–water partition coefficient (Wildman–Crippen LogP) is 1.14. The van der Waals surface area contributed by atoms with E-state index in [-0.39, 0.29) is 17.9 Å². The van der Waals surface area contributed by atoms with Crippen LogP contribution in [0.3, 0.4) is 0 Å². The lowest BCUT2D eigenvalue weighted by Crippen LogP contribution is -2.41. The van der Waals surface area contributed by atoms with E-state index in [2.05, 4.69) is 5.32 Å². The molecule has 1 saturated heterocycles. The Balaban J connectivity index is 0.000000810. The van der Waals surface area contributed by atoms with Crippen LogP contribution < -0.4 is 5.32 Å². The lowest BCUT2D eigenvalue weighted by atomic mass is 9.96. The minimum Gasteiger partial charge on any atom is -0.305 e. The number of hydrogen-bond acceptors (Lipinski definition) is 2. The van der Waals surface area contributed by atoms with Crippen molar-refractivity contribution < 1.29 is 4.79 Å². The van der Waals surface area contributed by atoms with Gasteiger partial charge in [0.1, 0.15) is 0 Å². The third kappa shape index (κ3) is 1.50. The van der Waals surface area contributed by atoms with Crippen LogP contribution in [0.4, 0.5) is 0 Å². The third-order valence-electron chi connectivity index (χ3n) is 2.19. The highest BCUT2D eigenvalue weighted by Gasteiger charge is 2.34. The second-order valence-corrected chi connectivity index (χ2v) is 2.79. The predicted molar refractivity (Wildman–Crippen MR) is 43.6 cm³/mol. The molecule has 1 aliphatic rings. The molecule has 0 aliphatic carbocycles. The summed E-state index contributed by atoms with van der Waals surface area (Å²) < 4.78 is 0. The van der Waals surface area contributed by atoms with E-state index in [9.17, 15) is 4.79 Å². The Kier molecular flexibility index (Phi) is 3.33. The topological polar surface area (TPSA) is 29.1 Å². The molecular formula is C7H14ClNO. The molecular weight excluding hydrogens is 150 g/mol. The number of nitrogens with one attached hydrogen (secondary N) is 1. The van der Waals surface area contributed by atoms with Gasteiger partial charge in [-0.2, -0.15) is 0 Å². The van der Waals surface area contributed by atoms with Crippen LogP contribution in [0.1, 0.15) is 26.7 Å². The Labute approximate surface area is 67.8 Å². The Bertz CT molecular complexity index is 138. The number of halogens is 1. The first-order valence-corrected chi connectivity index (χ1v) is 3.47. The van der Waals surface area contributed by atoms with Gasteiger partial charge in [-0.3, -0.25) is 4.79 Å². The highest BCUT2D eigenvalue weighted by Crippen LogP contribution is 2.17. The van der Waals surface area contributed by atoms with Crippen LogP contribution in [0.15, 0.2) is 0 Å². The van der Waals surface area contributed by atoms with E-state index in [1.54, 1.807) is 0 Å². The van der Waals surface area contributed by atoms with Gasteiger partial charge in [-0.05, 0) is 13.3 Å². The molecule has 1 atom stereocenters. The van der Waals surface area contributed by atoms with Crippen molar-refractivity contribution in [3.05, 3.63) is 0 Å². The third-order valence-corrected chi connectivity index (χ3v) is 2.19. The zero-order valence-corrected chi connectivity index (χ0v) is 7.25. The van der Waals surface area contributed by atoms with Gasteiger partial charge in [0.2, 0.25) is 0 Å². The maximum Gasteiger partial charge on any atom is 0.153 e. The summed E-state index contributed by atoms with van der Waals surface area (Å²) in [6, 6.07) is 0. The van der Waals surface area contributed by atoms with Crippen molar-refractivity contribution in [1.82, 2.24) is 5.32 Å². The number of Topliss-reactive ketones (excluding diaryl/α,β-unsaturated/α-hetero) is 1. The number of carbonyl (C=O) groups is 1. The summed E-state index contributed by atoms with van der Waals surface area (Å²) in [6.07, 6.45) is 1.62. The van der Waals surface area contributed by atoms with Crippen molar-refractivity contribution in [2.75, 3.05) is 6.54 Å². The van der Waals surface area contributed by atoms with Gasteiger partial charge >= 0.3 is 0 Å². The lowest BCUT2D eigenvalue weighted by molar-refractivity contribution is -0.121. The molecule has 1 fully saturated rings. The zero-order valence-electron chi connectivity index (χ0n) is 6.44. The molecule has 0 radical (unpaired) electrons. The number of rotatable bonds is 1. The van der Waals surface area contributed by atoms with Gasteiger partial charge in [-0.1, -0.05) is 6.92 Å². The van der Waals surface area contributed by atoms with Crippen LogP contribution in [0, 0.1) is 0 Å². The van der Waals surface area contributed by atoms with E-state index in [0.29, 0.717) is 12.2 Å². The molecule has 0 amide bonds. The fraction of sp³-hybridized carbons (Fsp3) is 0.857. The van der Waals surface area contributed by atoms with Crippen LogP contribution >= 0.6 is 12.4 Å². The molecule has 0 aromatic carbocycles. The smallest absolute Gasteiger partial charge is 0.153 e. The largest absolute Gasteiger partial charge is 0.305 e. The molecule has 0 saturated carbocycles. The molecule has 10 heavy (non-hydrogen) atoms. The number of hydrogen-bond donors (Lipinski definition) is 1. The van der Waals surface area contributed by atoms with Crippen LogP contribution in [0.25, 0.3) is 0 Å². The SMILES string of the molecule is CCC1(C)NCCC1=O.Cl. The van der Waals surface area contributed by atoms with E-state index in [1.807, 2.05) is 13.8 Å². The molecule has 2 nitrogen and oxygen atoms in total. The van der Waals surface area contributed by atoms with Gasteiger partial charge in [0, 0.05) is 13.0 Å². The second-order valence-electron chi connectivity index (χ2n) is 2.79. The first-order valence-electron chi connectivity index (χ1n) is 3.47. The van der Waals surface area contributed by atoms with Crippen molar-refractivity contribution in [3.8, 4) is 0 Å². The summed E-state index contributed by atoms with van der Waals surface area (Å²) in [5.74, 6) is 0.366. The Morgan fingerprint density at radius 1 is 1.70 bits per heavy atom. The van der Waals surface area contributed by atoms with Crippen molar-refractivity contribution in [2.24, 2.45) is 0 Å². The molecule has 60 valence electrons. The number of ketones is 1. The maximum atomic E-state index is 11.1. The molecule has 1 heterocycles. The summed E-state index contributed by atoms with van der Waals surface area (Å²) in [5.41, 5.74) is -0.194. The van der Waals surface area contributed by atoms with Gasteiger partial charge in [0.25, 0.3) is 0 Å². The van der Waals surface area contributed by atoms with E-state index in [4.69, 9.17) is 0 Å². The molecule has 0 bridgehead atoms. The monoisotopic (exact) mass is 163 g/mol. The average Bonchev–Trinajstić information content (AvgIpc) is 2.15. The molecule has 0 spiro atoms. The molecule has 3 heteroatoms. The van der Waals surface area contributed by atoms with E-state index >= 15 is 0 Å². The Hall–Kier alpha value is -0.0800. The lowest BCUT2D eigenvalue weighted by Gasteiger charge is -2.19. The summed E-state index contributed by atoms with van der Waals surface area (Å²) in [4.78, 5) is 11.1. The average molecular weight is 164 g/mol. The van der Waals surface area contributed by atoms with Crippen molar-refractivity contribution >= 4 is 18.2 Å². The fourth-order valence-corrected chi connectivity index (χ4v) is 1.15. The van der Waals surface area contributed by atoms with Crippen LogP contribution in [-0.2, 0) is 4.79 Å². The Morgan fingerprint density at radius 3 is 2.50 bits per heavy atom. The van der Waals surface area contributed by atoms with E-state index in [0.717, 1.165) is 13.0 Å². The Morgan fingerprint density at radius 2 is 2.30 bits per heavy atom. The molecule has 0 aromatic heterocycles. The van der Waals surface area contributed by atoms with E-state index < -0.39 is 0 Å². The highest BCUT2D eigenvalue weighted by molar-refractivity contribution is 5.90. The first-order chi connectivity index (χ1) is 4.19. The quantitative estimate of drug-likeness (QED) is 0.628. The van der Waals surface area contributed by atoms with E-state index in [1.165, 1.54) is 0 Å². The molecule has 1 unspecified atom stereocenters. The van der Waals surface area contributed by atoms with Gasteiger partial charge in [0.15, 0.2) is 5.78 Å². The second kappa shape index (κ2) is 3.35. The first kappa shape index (κ1) is 9.92. The minimum absolute atomic E-state index is 0. The van der Waals surface area contributed by atoms with Crippen LogP contribution in [0.2, 0.25) is 0 Å². The maximum absolute atomic E-state index is 11.1. The summed E-state index contributed by atoms with van der Waals surface area (Å²) >= 11 is 0. The van der Waals surface area contributed by atoms with Gasteiger partial charge in [-0.25, -0.2) is 0 Å². The minimum atomic E-state index is -0.194. The van der Waals surface area contributed by atoms with Crippen LogP contribution in [0.5, 0.6) is 0 Å². The summed E-state index contributed by atoms with van der Waals surface area (Å²) in [5, 5.41) is 3.18.